The van der Waals surface area contributed by atoms with Crippen molar-refractivity contribution in [3.8, 4) is 5.75 Å². The second-order valence-corrected chi connectivity index (χ2v) is 12.9. The van der Waals surface area contributed by atoms with Gasteiger partial charge in [0.05, 0.1) is 23.8 Å². The number of hydrogen-bond acceptors (Lipinski definition) is 8. The number of likely N-dealkylation sites (N-methyl/N-ethyl adjacent to an activating group) is 1. The molecule has 0 bridgehead atoms. The number of nitrogens with one attached hydrogen (secondary N) is 1. The van der Waals surface area contributed by atoms with Gasteiger partial charge >= 0.3 is 5.97 Å². The Hall–Kier alpha value is -3.45. The number of sulfonamides is 1. The average Bonchev–Trinajstić information content (AvgIpc) is 3.47. The van der Waals surface area contributed by atoms with E-state index in [4.69, 9.17) is 9.84 Å². The highest BCUT2D eigenvalue weighted by atomic mass is 32.2. The maximum atomic E-state index is 13.6. The highest BCUT2D eigenvalue weighted by Gasteiger charge is 2.33. The van der Waals surface area contributed by atoms with Crippen molar-refractivity contribution < 1.29 is 33.0 Å². The maximum absolute atomic E-state index is 13.6. The number of aliphatic hydroxyl groups excluding tert-OH is 1. The van der Waals surface area contributed by atoms with E-state index in [2.05, 4.69) is 9.62 Å². The van der Waals surface area contributed by atoms with Crippen LogP contribution in [0.4, 0.5) is 5.69 Å². The van der Waals surface area contributed by atoms with Gasteiger partial charge in [-0.05, 0) is 61.3 Å². The van der Waals surface area contributed by atoms with E-state index < -0.39 is 22.0 Å². The van der Waals surface area contributed by atoms with Gasteiger partial charge in [-0.15, -0.1) is 11.3 Å². The summed E-state index contributed by atoms with van der Waals surface area (Å²) in [5.41, 5.74) is 1.60. The lowest BCUT2D eigenvalue weighted by atomic mass is 9.99. The molecule has 2 heterocycles. The van der Waals surface area contributed by atoms with Crippen LogP contribution < -0.4 is 9.46 Å². The molecule has 40 heavy (non-hydrogen) atoms. The summed E-state index contributed by atoms with van der Waals surface area (Å²) in [6.07, 6.45) is -0.336. The van der Waals surface area contributed by atoms with Gasteiger partial charge in [0.2, 0.25) is 0 Å². The van der Waals surface area contributed by atoms with Crippen molar-refractivity contribution in [1.29, 1.82) is 0 Å². The molecule has 10 nitrogen and oxygen atoms in total. The van der Waals surface area contributed by atoms with Crippen molar-refractivity contribution in [3.63, 3.8) is 0 Å². The number of aromatic carboxylic acids is 1. The Bertz CT molecular complexity index is 1440. The Labute approximate surface area is 237 Å². The molecule has 0 unspecified atom stereocenters. The van der Waals surface area contributed by atoms with E-state index in [0.717, 1.165) is 16.9 Å². The first-order chi connectivity index (χ1) is 19.0. The van der Waals surface area contributed by atoms with E-state index in [1.54, 1.807) is 59.7 Å². The number of rotatable bonds is 10. The zero-order chi connectivity index (χ0) is 29.0. The van der Waals surface area contributed by atoms with Crippen molar-refractivity contribution in [3.05, 3.63) is 76.7 Å². The smallest absolute Gasteiger partial charge is 0.335 e. The summed E-state index contributed by atoms with van der Waals surface area (Å²) in [6.45, 7) is 4.91. The number of anilines is 1. The Morgan fingerprint density at radius 1 is 1.23 bits per heavy atom. The first kappa shape index (κ1) is 29.5. The summed E-state index contributed by atoms with van der Waals surface area (Å²) in [6, 6.07) is 14.0. The van der Waals surface area contributed by atoms with Gasteiger partial charge in [-0.1, -0.05) is 25.1 Å². The molecule has 1 amide bonds. The summed E-state index contributed by atoms with van der Waals surface area (Å²) in [7, 11) is -1.88. The van der Waals surface area contributed by atoms with Crippen molar-refractivity contribution in [1.82, 2.24) is 9.80 Å². The van der Waals surface area contributed by atoms with Gasteiger partial charge in [-0.2, -0.15) is 0 Å². The number of thiophene rings is 1. The van der Waals surface area contributed by atoms with Gasteiger partial charge < -0.3 is 19.8 Å². The van der Waals surface area contributed by atoms with Gasteiger partial charge in [0.15, 0.2) is 0 Å². The number of fused-ring (bicyclic) bond motifs is 1. The SMILES string of the molecule is C[C@@H]1CN([C@@H](C)CO)C(=O)c2cc(NS(=O)(=O)c3cccs3)ccc2O[C@@H]1CN(C)Cc1ccc(C(=O)O)cc1. The number of aliphatic hydroxyl groups is 1. The van der Waals surface area contributed by atoms with E-state index >= 15 is 0 Å². The van der Waals surface area contributed by atoms with Crippen LogP contribution in [0.25, 0.3) is 0 Å². The Morgan fingerprint density at radius 2 is 1.95 bits per heavy atom. The molecule has 0 saturated heterocycles. The highest BCUT2D eigenvalue weighted by molar-refractivity contribution is 7.94. The minimum absolute atomic E-state index is 0.0973. The van der Waals surface area contributed by atoms with Crippen molar-refractivity contribution in [2.24, 2.45) is 5.92 Å². The molecule has 1 aromatic heterocycles. The lowest BCUT2D eigenvalue weighted by molar-refractivity contribution is 0.0341. The Kier molecular flexibility index (Phi) is 9.14. The molecule has 1 aliphatic rings. The summed E-state index contributed by atoms with van der Waals surface area (Å²) < 4.78 is 34.6. The number of nitrogens with zero attached hydrogens (tertiary/aromatic N) is 2. The van der Waals surface area contributed by atoms with Gasteiger partial charge in [0.1, 0.15) is 16.1 Å². The monoisotopic (exact) mass is 587 g/mol. The predicted octanol–water partition coefficient (Wildman–Crippen LogP) is 3.60. The van der Waals surface area contributed by atoms with Crippen LogP contribution in [0.1, 0.15) is 40.1 Å². The van der Waals surface area contributed by atoms with Crippen LogP contribution in [-0.2, 0) is 16.6 Å². The van der Waals surface area contributed by atoms with E-state index in [0.29, 0.717) is 25.4 Å². The van der Waals surface area contributed by atoms with Crippen molar-refractivity contribution >= 4 is 38.9 Å². The zero-order valence-corrected chi connectivity index (χ0v) is 24.1. The number of amides is 1. The molecule has 214 valence electrons. The Balaban J connectivity index is 1.59. The number of carbonyl (C=O) groups is 2. The van der Waals surface area contributed by atoms with E-state index in [1.807, 2.05) is 14.0 Å². The van der Waals surface area contributed by atoms with Crippen LogP contribution in [0.15, 0.2) is 64.2 Å². The molecule has 0 saturated carbocycles. The third-order valence-electron chi connectivity index (χ3n) is 6.82. The second-order valence-electron chi connectivity index (χ2n) is 10.1. The lowest BCUT2D eigenvalue weighted by Crippen LogP contribution is -2.49. The average molecular weight is 588 g/mol. The number of carboxylic acids is 1. The fourth-order valence-electron chi connectivity index (χ4n) is 4.56. The molecule has 0 spiro atoms. The van der Waals surface area contributed by atoms with Crippen LogP contribution in [0.3, 0.4) is 0 Å². The topological polar surface area (TPSA) is 136 Å². The molecule has 3 aromatic rings. The van der Waals surface area contributed by atoms with E-state index in [9.17, 15) is 23.1 Å². The summed E-state index contributed by atoms with van der Waals surface area (Å²) in [5, 5.41) is 20.7. The molecule has 0 fully saturated rings. The largest absolute Gasteiger partial charge is 0.488 e. The van der Waals surface area contributed by atoms with Gasteiger partial charge in [0.25, 0.3) is 15.9 Å². The van der Waals surface area contributed by atoms with Crippen LogP contribution in [0, 0.1) is 5.92 Å². The third-order valence-corrected chi connectivity index (χ3v) is 9.60. The number of hydrogen-bond donors (Lipinski definition) is 3. The molecular weight excluding hydrogens is 554 g/mol. The van der Waals surface area contributed by atoms with Crippen LogP contribution in [0.2, 0.25) is 0 Å². The summed E-state index contributed by atoms with van der Waals surface area (Å²) >= 11 is 1.09. The molecule has 0 aliphatic carbocycles. The predicted molar refractivity (Wildman–Crippen MR) is 152 cm³/mol. The van der Waals surface area contributed by atoms with Crippen molar-refractivity contribution in [2.45, 2.75) is 36.7 Å². The van der Waals surface area contributed by atoms with Crippen LogP contribution in [0.5, 0.6) is 5.75 Å². The highest BCUT2D eigenvalue weighted by Crippen LogP contribution is 2.32. The quantitative estimate of drug-likeness (QED) is 0.327. The van der Waals surface area contributed by atoms with Gasteiger partial charge in [-0.3, -0.25) is 14.4 Å². The molecule has 1 aliphatic heterocycles. The standard InChI is InChI=1S/C28H33N3O7S2/c1-18-14-31(19(2)17-32)27(33)23-13-22(29-40(36,37)26-5-4-12-39-26)10-11-24(23)38-25(18)16-30(3)15-20-6-8-21(9-7-20)28(34)35/h4-13,18-19,25,29,32H,14-17H2,1-3H3,(H,34,35)/t18-,19+,25-/m1/s1. The lowest BCUT2D eigenvalue weighted by Gasteiger charge is -2.38. The van der Waals surface area contributed by atoms with E-state index in [1.165, 1.54) is 12.1 Å². The summed E-state index contributed by atoms with van der Waals surface area (Å²) in [5.74, 6) is -1.10. The molecule has 12 heteroatoms. The molecule has 0 radical (unpaired) electrons. The zero-order valence-electron chi connectivity index (χ0n) is 22.5. The summed E-state index contributed by atoms with van der Waals surface area (Å²) in [4.78, 5) is 28.4. The maximum Gasteiger partial charge on any atom is 0.335 e. The molecule has 3 atom stereocenters. The molecule has 4 rings (SSSR count). The van der Waals surface area contributed by atoms with Crippen molar-refractivity contribution in [2.75, 3.05) is 31.5 Å². The number of carbonyl (C=O) groups excluding carboxylic acids is 1. The van der Waals surface area contributed by atoms with Crippen LogP contribution in [-0.4, -0.2) is 79.2 Å². The van der Waals surface area contributed by atoms with Crippen LogP contribution >= 0.6 is 11.3 Å². The van der Waals surface area contributed by atoms with E-state index in [-0.39, 0.29) is 45.6 Å². The number of carboxylic acid groups (broad SMARTS) is 1. The molecular formula is C28H33N3O7S2. The second kappa shape index (κ2) is 12.4. The van der Waals surface area contributed by atoms with Gasteiger partial charge in [-0.25, -0.2) is 13.2 Å². The minimum Gasteiger partial charge on any atom is -0.488 e. The normalized spacial score (nSPS) is 18.4. The first-order valence-electron chi connectivity index (χ1n) is 12.8. The molecule has 3 N–H and O–H groups in total. The van der Waals surface area contributed by atoms with Gasteiger partial charge in [0, 0.05) is 31.2 Å². The first-order valence-corrected chi connectivity index (χ1v) is 15.1. The number of ether oxygens (including phenoxy) is 1. The molecule has 2 aromatic carbocycles. The fraction of sp³-hybridized carbons (Fsp3) is 0.357. The number of benzene rings is 2. The fourth-order valence-corrected chi connectivity index (χ4v) is 6.60. The Morgan fingerprint density at radius 3 is 2.58 bits per heavy atom. The minimum atomic E-state index is -3.81. The third kappa shape index (κ3) is 6.81.